The van der Waals surface area contributed by atoms with E-state index in [1.165, 1.54) is 28.4 Å². The van der Waals surface area contributed by atoms with Gasteiger partial charge >= 0.3 is 5.97 Å². The van der Waals surface area contributed by atoms with Crippen molar-refractivity contribution in [3.63, 3.8) is 0 Å². The summed E-state index contributed by atoms with van der Waals surface area (Å²) in [5.41, 5.74) is 0. The molecule has 21 heavy (non-hydrogen) atoms. The maximum absolute atomic E-state index is 13.2. The van der Waals surface area contributed by atoms with Crippen molar-refractivity contribution in [1.82, 2.24) is 4.90 Å². The van der Waals surface area contributed by atoms with Gasteiger partial charge in [-0.15, -0.1) is 11.3 Å². The minimum Gasteiger partial charge on any atom is -0.480 e. The summed E-state index contributed by atoms with van der Waals surface area (Å²) in [5, 5.41) is 9.91. The number of hydrogen-bond donors (Lipinski definition) is 1. The predicted octanol–water partition coefficient (Wildman–Crippen LogP) is 3.12. The molecular weight excluding hydrogens is 293 g/mol. The highest BCUT2D eigenvalue weighted by molar-refractivity contribution is 7.20. The van der Waals surface area contributed by atoms with Crippen molar-refractivity contribution >= 4 is 33.3 Å². The number of aliphatic carboxylic acids is 1. The van der Waals surface area contributed by atoms with E-state index >= 15 is 0 Å². The number of nitrogens with zero attached hydrogens (tertiary/aromatic N) is 1. The molecule has 1 aromatic carbocycles. The molecule has 4 nitrogen and oxygen atoms in total. The lowest BCUT2D eigenvalue weighted by Crippen LogP contribution is -2.47. The summed E-state index contributed by atoms with van der Waals surface area (Å²) in [5.74, 6) is -1.58. The number of hydrogen-bond acceptors (Lipinski definition) is 3. The lowest BCUT2D eigenvalue weighted by Gasteiger charge is -2.32. The third kappa shape index (κ3) is 2.63. The average Bonchev–Trinajstić information content (AvgIpc) is 2.89. The highest BCUT2D eigenvalue weighted by Crippen LogP contribution is 2.29. The number of thiophene rings is 1. The van der Waals surface area contributed by atoms with Crippen LogP contribution in [0.25, 0.3) is 10.1 Å². The van der Waals surface area contributed by atoms with E-state index in [0.717, 1.165) is 17.5 Å². The van der Waals surface area contributed by atoms with Crippen molar-refractivity contribution in [2.24, 2.45) is 0 Å². The number of piperidine rings is 1. The number of fused-ring (bicyclic) bond motifs is 1. The summed E-state index contributed by atoms with van der Waals surface area (Å²) >= 11 is 1.27. The molecule has 1 aliphatic rings. The van der Waals surface area contributed by atoms with Gasteiger partial charge in [0.05, 0.1) is 4.88 Å². The molecule has 1 atom stereocenters. The standard InChI is InChI=1S/C15H14FNO3S/c16-10-4-5-12-9(7-10)8-13(21-12)14(18)17-6-2-1-3-11(17)15(19)20/h4-5,7-8,11H,1-3,6H2,(H,19,20)/t11-/m0/s1. The van der Waals surface area contributed by atoms with Gasteiger partial charge in [-0.2, -0.15) is 0 Å². The third-order valence-corrected chi connectivity index (χ3v) is 4.84. The molecule has 0 aliphatic carbocycles. The zero-order valence-corrected chi connectivity index (χ0v) is 12.0. The van der Waals surface area contributed by atoms with Gasteiger partial charge in [-0.1, -0.05) is 0 Å². The SMILES string of the molecule is O=C(O)[C@@H]1CCCCN1C(=O)c1cc2cc(F)ccc2s1. The normalized spacial score (nSPS) is 18.9. The van der Waals surface area contributed by atoms with Gasteiger partial charge in [0.25, 0.3) is 5.91 Å². The predicted molar refractivity (Wildman–Crippen MR) is 78.1 cm³/mol. The monoisotopic (exact) mass is 307 g/mol. The van der Waals surface area contributed by atoms with E-state index in [1.54, 1.807) is 12.1 Å². The molecule has 1 fully saturated rings. The molecule has 110 valence electrons. The fourth-order valence-electron chi connectivity index (χ4n) is 2.69. The van der Waals surface area contributed by atoms with E-state index in [1.807, 2.05) is 0 Å². The quantitative estimate of drug-likeness (QED) is 0.927. The Morgan fingerprint density at radius 2 is 2.10 bits per heavy atom. The highest BCUT2D eigenvalue weighted by atomic mass is 32.1. The van der Waals surface area contributed by atoms with Crippen molar-refractivity contribution in [3.8, 4) is 0 Å². The second-order valence-electron chi connectivity index (χ2n) is 5.14. The summed E-state index contributed by atoms with van der Waals surface area (Å²) in [7, 11) is 0. The largest absolute Gasteiger partial charge is 0.480 e. The van der Waals surface area contributed by atoms with Gasteiger partial charge in [0, 0.05) is 11.2 Å². The molecule has 2 heterocycles. The van der Waals surface area contributed by atoms with E-state index in [-0.39, 0.29) is 11.7 Å². The maximum Gasteiger partial charge on any atom is 0.326 e. The van der Waals surface area contributed by atoms with Crippen molar-refractivity contribution in [3.05, 3.63) is 35.0 Å². The fraction of sp³-hybridized carbons (Fsp3) is 0.333. The van der Waals surface area contributed by atoms with Crippen LogP contribution in [0.3, 0.4) is 0 Å². The van der Waals surface area contributed by atoms with Gasteiger partial charge in [-0.05, 0) is 48.9 Å². The zero-order chi connectivity index (χ0) is 15.0. The first kappa shape index (κ1) is 14.0. The van der Waals surface area contributed by atoms with Crippen molar-refractivity contribution in [2.45, 2.75) is 25.3 Å². The summed E-state index contributed by atoms with van der Waals surface area (Å²) in [6.07, 6.45) is 2.12. The third-order valence-electron chi connectivity index (χ3n) is 3.74. The number of carbonyl (C=O) groups excluding carboxylic acids is 1. The van der Waals surface area contributed by atoms with E-state index < -0.39 is 12.0 Å². The van der Waals surface area contributed by atoms with Crippen LogP contribution in [0.4, 0.5) is 4.39 Å². The van der Waals surface area contributed by atoms with Gasteiger partial charge < -0.3 is 10.0 Å². The summed E-state index contributed by atoms with van der Waals surface area (Å²) in [6.45, 7) is 0.457. The van der Waals surface area contributed by atoms with Crippen LogP contribution < -0.4 is 0 Å². The molecule has 0 radical (unpaired) electrons. The van der Waals surface area contributed by atoms with E-state index in [0.29, 0.717) is 23.2 Å². The number of amides is 1. The molecule has 1 aliphatic heterocycles. The minimum atomic E-state index is -0.963. The maximum atomic E-state index is 13.2. The Morgan fingerprint density at radius 3 is 2.86 bits per heavy atom. The Hall–Kier alpha value is -1.95. The Kier molecular flexibility index (Phi) is 3.63. The summed E-state index contributed by atoms with van der Waals surface area (Å²) < 4.78 is 14.0. The molecule has 0 spiro atoms. The average molecular weight is 307 g/mol. The van der Waals surface area contributed by atoms with Gasteiger partial charge in [0.1, 0.15) is 11.9 Å². The van der Waals surface area contributed by atoms with Crippen LogP contribution >= 0.6 is 11.3 Å². The molecule has 1 saturated heterocycles. The van der Waals surface area contributed by atoms with Crippen LogP contribution in [0.1, 0.15) is 28.9 Å². The second-order valence-corrected chi connectivity index (χ2v) is 6.22. The first-order chi connectivity index (χ1) is 10.1. The first-order valence-electron chi connectivity index (χ1n) is 6.79. The number of carbonyl (C=O) groups is 2. The van der Waals surface area contributed by atoms with E-state index in [4.69, 9.17) is 0 Å². The molecule has 1 N–H and O–H groups in total. The Bertz CT molecular complexity index is 712. The van der Waals surface area contributed by atoms with E-state index in [2.05, 4.69) is 0 Å². The van der Waals surface area contributed by atoms with Crippen LogP contribution in [0, 0.1) is 5.82 Å². The topological polar surface area (TPSA) is 57.6 Å². The molecule has 0 bridgehead atoms. The van der Waals surface area contributed by atoms with E-state index in [9.17, 15) is 19.1 Å². The molecule has 6 heteroatoms. The second kappa shape index (κ2) is 5.44. The molecule has 3 rings (SSSR count). The fourth-order valence-corrected chi connectivity index (χ4v) is 3.69. The van der Waals surface area contributed by atoms with Crippen molar-refractivity contribution in [1.29, 1.82) is 0 Å². The summed E-state index contributed by atoms with van der Waals surface area (Å²) in [6, 6.07) is 5.26. The summed E-state index contributed by atoms with van der Waals surface area (Å²) in [4.78, 5) is 25.7. The number of carboxylic acid groups (broad SMARTS) is 1. The number of likely N-dealkylation sites (tertiary alicyclic amines) is 1. The number of halogens is 1. The minimum absolute atomic E-state index is 0.274. The smallest absolute Gasteiger partial charge is 0.326 e. The first-order valence-corrected chi connectivity index (χ1v) is 7.61. The molecule has 0 unspecified atom stereocenters. The molecule has 2 aromatic rings. The van der Waals surface area contributed by atoms with Crippen LogP contribution in [0.5, 0.6) is 0 Å². The Balaban J connectivity index is 1.93. The van der Waals surface area contributed by atoms with Crippen LogP contribution in [0.15, 0.2) is 24.3 Å². The highest BCUT2D eigenvalue weighted by Gasteiger charge is 2.33. The number of carboxylic acids is 1. The van der Waals surface area contributed by atoms with Crippen LogP contribution in [0.2, 0.25) is 0 Å². The lowest BCUT2D eigenvalue weighted by molar-refractivity contribution is -0.143. The van der Waals surface area contributed by atoms with Crippen LogP contribution in [-0.4, -0.2) is 34.5 Å². The molecule has 0 saturated carbocycles. The van der Waals surface area contributed by atoms with Crippen LogP contribution in [-0.2, 0) is 4.79 Å². The number of rotatable bonds is 2. The zero-order valence-electron chi connectivity index (χ0n) is 11.2. The van der Waals surface area contributed by atoms with Gasteiger partial charge in [-0.25, -0.2) is 9.18 Å². The lowest BCUT2D eigenvalue weighted by atomic mass is 10.0. The Morgan fingerprint density at radius 1 is 1.29 bits per heavy atom. The van der Waals surface area contributed by atoms with Crippen molar-refractivity contribution in [2.75, 3.05) is 6.54 Å². The molecule has 1 aromatic heterocycles. The molecular formula is C15H14FNO3S. The van der Waals surface area contributed by atoms with Crippen molar-refractivity contribution < 1.29 is 19.1 Å². The molecule has 1 amide bonds. The number of benzene rings is 1. The van der Waals surface area contributed by atoms with Gasteiger partial charge in [0.15, 0.2) is 0 Å². The van der Waals surface area contributed by atoms with Gasteiger partial charge in [-0.3, -0.25) is 4.79 Å². The Labute approximate surface area is 124 Å². The van der Waals surface area contributed by atoms with Gasteiger partial charge in [0.2, 0.25) is 0 Å².